The van der Waals surface area contributed by atoms with Crippen LogP contribution in [0.2, 0.25) is 0 Å². The van der Waals surface area contributed by atoms with Gasteiger partial charge in [-0.25, -0.2) is 0 Å². The van der Waals surface area contributed by atoms with Crippen molar-refractivity contribution in [1.82, 2.24) is 16.0 Å². The van der Waals surface area contributed by atoms with Gasteiger partial charge in [0.2, 0.25) is 17.7 Å². The molecule has 2 atom stereocenters. The molecule has 21 heavy (non-hydrogen) atoms. The second-order valence-electron chi connectivity index (χ2n) is 5.84. The summed E-state index contributed by atoms with van der Waals surface area (Å²) < 4.78 is 0. The van der Waals surface area contributed by atoms with E-state index >= 15 is 0 Å². The molecule has 1 rings (SSSR count). The highest BCUT2D eigenvalue weighted by Crippen LogP contribution is 2.26. The lowest BCUT2D eigenvalue weighted by Gasteiger charge is -2.22. The summed E-state index contributed by atoms with van der Waals surface area (Å²) in [5, 5.41) is 7.74. The van der Waals surface area contributed by atoms with Crippen LogP contribution in [0.1, 0.15) is 52.4 Å². The Hall–Kier alpha value is -1.59. The van der Waals surface area contributed by atoms with Gasteiger partial charge in [-0.3, -0.25) is 14.4 Å². The molecule has 1 aliphatic rings. The number of likely N-dealkylation sites (N-methyl/N-ethyl adjacent to an activating group) is 1. The number of hydrogen-bond donors (Lipinski definition) is 3. The van der Waals surface area contributed by atoms with Gasteiger partial charge in [-0.15, -0.1) is 0 Å². The highest BCUT2D eigenvalue weighted by Gasteiger charge is 2.22. The molecule has 1 fully saturated rings. The monoisotopic (exact) mass is 297 g/mol. The van der Waals surface area contributed by atoms with Crippen molar-refractivity contribution < 1.29 is 14.4 Å². The second kappa shape index (κ2) is 8.64. The summed E-state index contributed by atoms with van der Waals surface area (Å²) in [6.45, 7) is 3.23. The molecule has 0 aromatic rings. The van der Waals surface area contributed by atoms with E-state index in [2.05, 4.69) is 16.0 Å². The van der Waals surface area contributed by atoms with Crippen LogP contribution in [0.3, 0.4) is 0 Å². The molecular formula is C15H27N3O3. The summed E-state index contributed by atoms with van der Waals surface area (Å²) >= 11 is 0. The molecule has 0 aromatic heterocycles. The molecule has 3 amide bonds. The van der Waals surface area contributed by atoms with E-state index in [-0.39, 0.29) is 17.7 Å². The van der Waals surface area contributed by atoms with Crippen LogP contribution in [-0.2, 0) is 14.4 Å². The summed E-state index contributed by atoms with van der Waals surface area (Å²) in [6.07, 6.45) is 6.33. The highest BCUT2D eigenvalue weighted by atomic mass is 16.2. The summed E-state index contributed by atoms with van der Waals surface area (Å²) in [6, 6.07) is -1.24. The van der Waals surface area contributed by atoms with Crippen LogP contribution in [0.4, 0.5) is 0 Å². The maximum atomic E-state index is 11.9. The summed E-state index contributed by atoms with van der Waals surface area (Å²) in [5.41, 5.74) is 0. The van der Waals surface area contributed by atoms with Gasteiger partial charge in [0, 0.05) is 13.5 Å². The second-order valence-corrected chi connectivity index (χ2v) is 5.84. The number of nitrogens with one attached hydrogen (secondary N) is 3. The molecule has 6 heteroatoms. The van der Waals surface area contributed by atoms with Gasteiger partial charge in [0.05, 0.1) is 0 Å². The van der Waals surface area contributed by atoms with Gasteiger partial charge in [0.15, 0.2) is 0 Å². The van der Waals surface area contributed by atoms with Crippen molar-refractivity contribution in [2.75, 3.05) is 7.05 Å². The molecule has 0 spiro atoms. The van der Waals surface area contributed by atoms with Gasteiger partial charge in [-0.1, -0.05) is 19.3 Å². The van der Waals surface area contributed by atoms with E-state index in [1.165, 1.54) is 26.3 Å². The molecule has 1 aliphatic carbocycles. The minimum atomic E-state index is -0.631. The van der Waals surface area contributed by atoms with Crippen LogP contribution in [0.15, 0.2) is 0 Å². The third-order valence-electron chi connectivity index (χ3n) is 3.97. The zero-order valence-corrected chi connectivity index (χ0v) is 13.2. The molecule has 0 aliphatic heterocycles. The van der Waals surface area contributed by atoms with Crippen molar-refractivity contribution >= 4 is 17.7 Å². The van der Waals surface area contributed by atoms with E-state index in [1.807, 2.05) is 0 Å². The van der Waals surface area contributed by atoms with E-state index in [9.17, 15) is 14.4 Å². The topological polar surface area (TPSA) is 87.3 Å². The first-order chi connectivity index (χ1) is 9.93. The number of amides is 3. The fourth-order valence-electron chi connectivity index (χ4n) is 2.64. The molecule has 0 unspecified atom stereocenters. The lowest BCUT2D eigenvalue weighted by molar-refractivity contribution is -0.131. The van der Waals surface area contributed by atoms with Gasteiger partial charge >= 0.3 is 0 Å². The fraction of sp³-hybridized carbons (Fsp3) is 0.800. The van der Waals surface area contributed by atoms with E-state index in [4.69, 9.17) is 0 Å². The molecule has 0 aromatic carbocycles. The molecule has 3 N–H and O–H groups in total. The van der Waals surface area contributed by atoms with Crippen LogP contribution in [0, 0.1) is 5.92 Å². The Morgan fingerprint density at radius 2 is 1.52 bits per heavy atom. The molecule has 120 valence electrons. The zero-order valence-electron chi connectivity index (χ0n) is 13.2. The average Bonchev–Trinajstić information content (AvgIpc) is 2.46. The first-order valence-electron chi connectivity index (χ1n) is 7.75. The fourth-order valence-corrected chi connectivity index (χ4v) is 2.64. The first-order valence-corrected chi connectivity index (χ1v) is 7.75. The molecule has 6 nitrogen and oxygen atoms in total. The molecule has 0 heterocycles. The minimum Gasteiger partial charge on any atom is -0.357 e. The highest BCUT2D eigenvalue weighted by molar-refractivity contribution is 5.91. The van der Waals surface area contributed by atoms with Gasteiger partial charge in [-0.2, -0.15) is 0 Å². The van der Waals surface area contributed by atoms with E-state index in [0.717, 1.165) is 12.8 Å². The Morgan fingerprint density at radius 3 is 2.10 bits per heavy atom. The lowest BCUT2D eigenvalue weighted by atomic mass is 9.87. The van der Waals surface area contributed by atoms with Crippen molar-refractivity contribution in [2.24, 2.45) is 5.92 Å². The zero-order chi connectivity index (χ0) is 15.8. The summed E-state index contributed by atoms with van der Waals surface area (Å²) in [4.78, 5) is 35.2. The number of rotatable bonds is 6. The van der Waals surface area contributed by atoms with E-state index in [0.29, 0.717) is 12.3 Å². The normalized spacial score (nSPS) is 18.4. The first kappa shape index (κ1) is 17.5. The standard InChI is InChI=1S/C15H27N3O3/c1-10(14(20)16-3)18-15(21)11(2)17-13(19)9-12-7-5-4-6-8-12/h10-12H,4-9H2,1-3H3,(H,16,20)(H,17,19)(H,18,21)/t10-,11+/m1/s1. The van der Waals surface area contributed by atoms with Crippen LogP contribution >= 0.6 is 0 Å². The third-order valence-corrected chi connectivity index (χ3v) is 3.97. The van der Waals surface area contributed by atoms with Crippen LogP contribution in [0.5, 0.6) is 0 Å². The SMILES string of the molecule is CNC(=O)[C@@H](C)NC(=O)[C@H](C)NC(=O)CC1CCCCC1. The smallest absolute Gasteiger partial charge is 0.242 e. The number of hydrogen-bond acceptors (Lipinski definition) is 3. The maximum Gasteiger partial charge on any atom is 0.242 e. The Balaban J connectivity index is 2.33. The molecule has 0 bridgehead atoms. The molecule has 0 radical (unpaired) electrons. The largest absolute Gasteiger partial charge is 0.357 e. The average molecular weight is 297 g/mol. The lowest BCUT2D eigenvalue weighted by Crippen LogP contribution is -2.51. The van der Waals surface area contributed by atoms with E-state index in [1.54, 1.807) is 13.8 Å². The van der Waals surface area contributed by atoms with Crippen molar-refractivity contribution in [3.8, 4) is 0 Å². The Morgan fingerprint density at radius 1 is 0.952 bits per heavy atom. The maximum absolute atomic E-state index is 11.9. The van der Waals surface area contributed by atoms with Crippen molar-refractivity contribution in [3.05, 3.63) is 0 Å². The molecule has 0 saturated heterocycles. The Labute approximate surface area is 126 Å². The van der Waals surface area contributed by atoms with Gasteiger partial charge in [0.25, 0.3) is 0 Å². The quantitative estimate of drug-likeness (QED) is 0.675. The van der Waals surface area contributed by atoms with E-state index < -0.39 is 12.1 Å². The number of carbonyl (C=O) groups is 3. The Kier molecular flexibility index (Phi) is 7.19. The van der Waals surface area contributed by atoms with Crippen molar-refractivity contribution in [1.29, 1.82) is 0 Å². The van der Waals surface area contributed by atoms with Gasteiger partial charge < -0.3 is 16.0 Å². The van der Waals surface area contributed by atoms with Gasteiger partial charge in [-0.05, 0) is 32.6 Å². The summed E-state index contributed by atoms with van der Waals surface area (Å²) in [5.74, 6) is -0.247. The van der Waals surface area contributed by atoms with Crippen LogP contribution in [-0.4, -0.2) is 36.9 Å². The molecular weight excluding hydrogens is 270 g/mol. The molecule has 1 saturated carbocycles. The van der Waals surface area contributed by atoms with Gasteiger partial charge in [0.1, 0.15) is 12.1 Å². The predicted octanol–water partition coefficient (Wildman–Crippen LogP) is 0.712. The van der Waals surface area contributed by atoms with Crippen molar-refractivity contribution in [3.63, 3.8) is 0 Å². The van der Waals surface area contributed by atoms with Crippen molar-refractivity contribution in [2.45, 2.75) is 64.5 Å². The number of carbonyl (C=O) groups excluding carboxylic acids is 3. The Bertz CT molecular complexity index is 378. The minimum absolute atomic E-state index is 0.0860. The van der Waals surface area contributed by atoms with Crippen LogP contribution in [0.25, 0.3) is 0 Å². The summed E-state index contributed by atoms with van der Waals surface area (Å²) in [7, 11) is 1.51. The third kappa shape index (κ3) is 6.14. The predicted molar refractivity (Wildman–Crippen MR) is 80.5 cm³/mol. The van der Waals surface area contributed by atoms with Crippen LogP contribution < -0.4 is 16.0 Å².